The zero-order valence-electron chi connectivity index (χ0n) is 22.5. The maximum atomic E-state index is 12.9. The fraction of sp³-hybridized carbons (Fsp3) is 0.467. The van der Waals surface area contributed by atoms with Crippen molar-refractivity contribution < 1.29 is 23.8 Å². The van der Waals surface area contributed by atoms with Gasteiger partial charge in [0, 0.05) is 43.0 Å². The average Bonchev–Trinajstić information content (AvgIpc) is 3.33. The molecule has 1 saturated heterocycles. The first-order valence-electron chi connectivity index (χ1n) is 13.2. The van der Waals surface area contributed by atoms with Crippen LogP contribution in [0.4, 0.5) is 4.79 Å². The number of hydrogen-bond donors (Lipinski definition) is 1. The monoisotopic (exact) mass is 506 g/mol. The minimum Gasteiger partial charge on any atom is -0.458 e. The van der Waals surface area contributed by atoms with E-state index >= 15 is 0 Å². The van der Waals surface area contributed by atoms with Crippen molar-refractivity contribution in [1.82, 2.24) is 9.80 Å². The number of ether oxygens (including phenoxy) is 1. The van der Waals surface area contributed by atoms with Gasteiger partial charge in [-0.2, -0.15) is 0 Å². The smallest absolute Gasteiger partial charge is 0.410 e. The Morgan fingerprint density at radius 2 is 1.65 bits per heavy atom. The van der Waals surface area contributed by atoms with Crippen LogP contribution in [0.3, 0.4) is 0 Å². The molecule has 0 bridgehead atoms. The van der Waals surface area contributed by atoms with Crippen molar-refractivity contribution >= 4 is 23.0 Å². The number of carbonyl (C=O) groups excluding carboxylic acids is 2. The lowest BCUT2D eigenvalue weighted by molar-refractivity contribution is -0.0348. The van der Waals surface area contributed by atoms with E-state index in [1.807, 2.05) is 77.1 Å². The van der Waals surface area contributed by atoms with Crippen molar-refractivity contribution in [2.24, 2.45) is 5.92 Å². The van der Waals surface area contributed by atoms with Gasteiger partial charge in [0.25, 0.3) is 5.91 Å². The third-order valence-electron chi connectivity index (χ3n) is 7.16. The van der Waals surface area contributed by atoms with Crippen molar-refractivity contribution in [3.63, 3.8) is 0 Å². The van der Waals surface area contributed by atoms with Gasteiger partial charge in [0.1, 0.15) is 22.5 Å². The van der Waals surface area contributed by atoms with Crippen LogP contribution >= 0.6 is 0 Å². The van der Waals surface area contributed by atoms with Gasteiger partial charge < -0.3 is 24.1 Å². The summed E-state index contributed by atoms with van der Waals surface area (Å²) in [4.78, 5) is 28.9. The van der Waals surface area contributed by atoms with Crippen LogP contribution in [0.2, 0.25) is 0 Å². The lowest BCUT2D eigenvalue weighted by Crippen LogP contribution is -2.47. The van der Waals surface area contributed by atoms with E-state index in [4.69, 9.17) is 9.15 Å². The van der Waals surface area contributed by atoms with Crippen LogP contribution in [-0.2, 0) is 10.3 Å². The van der Waals surface area contributed by atoms with Crippen LogP contribution in [0, 0.1) is 5.92 Å². The Morgan fingerprint density at radius 1 is 1.03 bits per heavy atom. The molecule has 2 aromatic carbocycles. The van der Waals surface area contributed by atoms with Gasteiger partial charge in [0.05, 0.1) is 0 Å². The van der Waals surface area contributed by atoms with E-state index in [0.717, 1.165) is 5.39 Å². The van der Waals surface area contributed by atoms with Gasteiger partial charge in [-0.25, -0.2) is 4.79 Å². The van der Waals surface area contributed by atoms with E-state index in [1.165, 1.54) is 0 Å². The van der Waals surface area contributed by atoms with Crippen molar-refractivity contribution in [2.45, 2.75) is 58.7 Å². The lowest BCUT2D eigenvalue weighted by Gasteiger charge is -2.41. The molecule has 1 unspecified atom stereocenters. The van der Waals surface area contributed by atoms with Crippen molar-refractivity contribution in [1.29, 1.82) is 0 Å². The Morgan fingerprint density at radius 3 is 2.22 bits per heavy atom. The minimum atomic E-state index is -1.42. The van der Waals surface area contributed by atoms with Gasteiger partial charge in [-0.15, -0.1) is 0 Å². The summed E-state index contributed by atoms with van der Waals surface area (Å²) in [5.74, 6) is 0.234. The molecule has 1 aliphatic rings. The normalized spacial score (nSPS) is 16.4. The van der Waals surface area contributed by atoms with E-state index in [0.29, 0.717) is 61.5 Å². The average molecular weight is 507 g/mol. The number of likely N-dealkylation sites (tertiary alicyclic amines) is 1. The number of carbonyl (C=O) groups is 2. The third kappa shape index (κ3) is 5.52. The Kier molecular flexibility index (Phi) is 7.64. The fourth-order valence-corrected chi connectivity index (χ4v) is 5.12. The lowest BCUT2D eigenvalue weighted by atomic mass is 9.74. The highest BCUT2D eigenvalue weighted by Crippen LogP contribution is 2.44. The molecule has 1 N–H and O–H groups in total. The predicted molar refractivity (Wildman–Crippen MR) is 143 cm³/mol. The summed E-state index contributed by atoms with van der Waals surface area (Å²) in [7, 11) is 0. The molecule has 198 valence electrons. The molecule has 1 fully saturated rings. The standard InChI is InChI=1S/C30H38N2O5/c1-6-31(7-2)27(33)21-12-14-23(15-13-21)30(35,26-20-22-10-8-9-11-25(22)36-26)24-16-18-32(19-17-24)28(34)37-29(3,4)5/h8-15,20,24,35H,6-7,16-19H2,1-5H3. The summed E-state index contributed by atoms with van der Waals surface area (Å²) in [6.07, 6.45) is 0.817. The first-order chi connectivity index (χ1) is 17.6. The molecule has 1 atom stereocenters. The van der Waals surface area contributed by atoms with Crippen LogP contribution < -0.4 is 0 Å². The molecule has 7 heteroatoms. The Hall–Kier alpha value is -3.32. The number of nitrogens with zero attached hydrogens (tertiary/aromatic N) is 2. The van der Waals surface area contributed by atoms with Crippen molar-refractivity contribution in [2.75, 3.05) is 26.2 Å². The predicted octanol–water partition coefficient (Wildman–Crippen LogP) is 5.80. The van der Waals surface area contributed by atoms with Crippen LogP contribution in [0.25, 0.3) is 11.0 Å². The molecule has 37 heavy (non-hydrogen) atoms. The molecule has 3 aromatic rings. The number of benzene rings is 2. The number of hydrogen-bond acceptors (Lipinski definition) is 5. The van der Waals surface area contributed by atoms with Crippen LogP contribution in [0.1, 0.15) is 69.1 Å². The molecule has 1 aromatic heterocycles. The number of aliphatic hydroxyl groups is 1. The highest BCUT2D eigenvalue weighted by molar-refractivity contribution is 5.94. The van der Waals surface area contributed by atoms with Gasteiger partial charge in [-0.05, 0) is 77.3 Å². The Balaban J connectivity index is 1.66. The number of amides is 2. The van der Waals surface area contributed by atoms with Gasteiger partial charge >= 0.3 is 6.09 Å². The highest BCUT2D eigenvalue weighted by atomic mass is 16.6. The first-order valence-corrected chi connectivity index (χ1v) is 13.2. The fourth-order valence-electron chi connectivity index (χ4n) is 5.12. The van der Waals surface area contributed by atoms with E-state index in [2.05, 4.69) is 0 Å². The van der Waals surface area contributed by atoms with E-state index < -0.39 is 11.2 Å². The van der Waals surface area contributed by atoms with Gasteiger partial charge in [0.2, 0.25) is 0 Å². The van der Waals surface area contributed by atoms with Gasteiger partial charge in [-0.1, -0.05) is 30.3 Å². The number of rotatable bonds is 6. The van der Waals surface area contributed by atoms with Crippen LogP contribution in [0.5, 0.6) is 0 Å². The number of fused-ring (bicyclic) bond motifs is 1. The molecular weight excluding hydrogens is 468 g/mol. The Bertz CT molecular complexity index is 1200. The molecule has 0 aliphatic carbocycles. The first kappa shape index (κ1) is 26.7. The number of piperidine rings is 1. The molecule has 2 amide bonds. The quantitative estimate of drug-likeness (QED) is 0.457. The summed E-state index contributed by atoms with van der Waals surface area (Å²) in [6, 6.07) is 16.8. The molecule has 0 spiro atoms. The second kappa shape index (κ2) is 10.6. The van der Waals surface area contributed by atoms with Gasteiger partial charge in [-0.3, -0.25) is 4.79 Å². The maximum absolute atomic E-state index is 12.9. The van der Waals surface area contributed by atoms with Crippen LogP contribution in [0.15, 0.2) is 59.0 Å². The summed E-state index contributed by atoms with van der Waals surface area (Å²) in [6.45, 7) is 11.7. The number of furan rings is 1. The summed E-state index contributed by atoms with van der Waals surface area (Å²) < 4.78 is 11.8. The Labute approximate surface area is 219 Å². The summed E-state index contributed by atoms with van der Waals surface area (Å²) in [5, 5.41) is 13.3. The molecule has 7 nitrogen and oxygen atoms in total. The zero-order valence-corrected chi connectivity index (χ0v) is 22.5. The van der Waals surface area contributed by atoms with Crippen molar-refractivity contribution in [3.8, 4) is 0 Å². The largest absolute Gasteiger partial charge is 0.458 e. The maximum Gasteiger partial charge on any atom is 0.410 e. The minimum absolute atomic E-state index is 0.0329. The second-order valence-electron chi connectivity index (χ2n) is 10.7. The molecule has 1 aliphatic heterocycles. The molecule has 2 heterocycles. The third-order valence-corrected chi connectivity index (χ3v) is 7.16. The molecule has 4 rings (SSSR count). The summed E-state index contributed by atoms with van der Waals surface area (Å²) in [5.41, 5.74) is -0.0312. The zero-order chi connectivity index (χ0) is 26.8. The van der Waals surface area contributed by atoms with Crippen LogP contribution in [-0.4, -0.2) is 58.7 Å². The van der Waals surface area contributed by atoms with Crippen molar-refractivity contribution in [3.05, 3.63) is 71.5 Å². The van der Waals surface area contributed by atoms with E-state index in [1.54, 1.807) is 21.9 Å². The molecule has 0 saturated carbocycles. The van der Waals surface area contributed by atoms with Gasteiger partial charge in [0.15, 0.2) is 0 Å². The van der Waals surface area contributed by atoms with E-state index in [9.17, 15) is 14.7 Å². The molecule has 0 radical (unpaired) electrons. The molecular formula is C30H38N2O5. The highest BCUT2D eigenvalue weighted by Gasteiger charge is 2.45. The second-order valence-corrected chi connectivity index (χ2v) is 10.7. The SMILES string of the molecule is CCN(CC)C(=O)c1ccc(C(O)(c2cc3ccccc3o2)C2CCN(C(=O)OC(C)(C)C)CC2)cc1. The van der Waals surface area contributed by atoms with E-state index in [-0.39, 0.29) is 17.9 Å². The summed E-state index contributed by atoms with van der Waals surface area (Å²) >= 11 is 0. The topological polar surface area (TPSA) is 83.2 Å². The number of para-hydroxylation sites is 1.